The maximum atomic E-state index is 10.3. The fraction of sp³-hybridized carbons (Fsp3) is 0.583. The summed E-state index contributed by atoms with van der Waals surface area (Å²) in [5.41, 5.74) is 1.39. The van der Waals surface area contributed by atoms with Gasteiger partial charge in [0.25, 0.3) is 0 Å². The van der Waals surface area contributed by atoms with Gasteiger partial charge >= 0.3 is 5.97 Å². The van der Waals surface area contributed by atoms with Crippen molar-refractivity contribution in [3.63, 3.8) is 0 Å². The average Bonchev–Trinajstić information content (AvgIpc) is 2.08. The second-order valence-electron chi connectivity index (χ2n) is 4.22. The van der Waals surface area contributed by atoms with Crippen LogP contribution in [-0.2, 0) is 4.79 Å². The van der Waals surface area contributed by atoms with Gasteiger partial charge < -0.3 is 5.11 Å². The molecule has 1 rings (SSSR count). The van der Waals surface area contributed by atoms with E-state index in [0.29, 0.717) is 5.92 Å². The molecule has 1 fully saturated rings. The maximum Gasteiger partial charge on any atom is 0.328 e. The summed E-state index contributed by atoms with van der Waals surface area (Å²) in [7, 11) is 0. The van der Waals surface area contributed by atoms with Crippen LogP contribution in [0.5, 0.6) is 0 Å². The molecule has 0 bridgehead atoms. The minimum atomic E-state index is -0.876. The van der Waals surface area contributed by atoms with Crippen LogP contribution in [-0.4, -0.2) is 11.1 Å². The van der Waals surface area contributed by atoms with Crippen LogP contribution in [0.4, 0.5) is 0 Å². The number of rotatable bonds is 2. The molecular formula is C12H18O2. The highest BCUT2D eigenvalue weighted by molar-refractivity contribution is 5.80. The first-order valence-electron chi connectivity index (χ1n) is 5.19. The number of carboxylic acid groups (broad SMARTS) is 1. The first-order valence-corrected chi connectivity index (χ1v) is 5.19. The number of carboxylic acids is 1. The summed E-state index contributed by atoms with van der Waals surface area (Å²) in [5.74, 6) is 0.543. The van der Waals surface area contributed by atoms with Gasteiger partial charge in [0.05, 0.1) is 0 Å². The molecule has 78 valence electrons. The van der Waals surface area contributed by atoms with Gasteiger partial charge in [-0.15, -0.1) is 0 Å². The molecule has 2 nitrogen and oxygen atoms in total. The highest BCUT2D eigenvalue weighted by Gasteiger charge is 2.18. The zero-order valence-corrected chi connectivity index (χ0v) is 8.86. The predicted molar refractivity (Wildman–Crippen MR) is 57.0 cm³/mol. The van der Waals surface area contributed by atoms with Crippen molar-refractivity contribution in [2.75, 3.05) is 0 Å². The lowest BCUT2D eigenvalue weighted by Gasteiger charge is -2.26. The summed E-state index contributed by atoms with van der Waals surface area (Å²) in [6.07, 6.45) is 8.38. The van der Waals surface area contributed by atoms with E-state index in [1.807, 2.05) is 6.08 Å². The van der Waals surface area contributed by atoms with E-state index in [2.05, 4.69) is 13.8 Å². The molecule has 2 atom stereocenters. The van der Waals surface area contributed by atoms with E-state index in [1.165, 1.54) is 24.5 Å². The molecule has 2 unspecified atom stereocenters. The maximum absolute atomic E-state index is 10.3. The molecule has 0 saturated heterocycles. The Morgan fingerprint density at radius 1 is 1.50 bits per heavy atom. The summed E-state index contributed by atoms with van der Waals surface area (Å²) in [6, 6.07) is 0. The number of hydrogen-bond donors (Lipinski definition) is 1. The SMILES string of the molecule is CC1CC/C(=C/C=C/C(=O)O)C(C)C1. The molecule has 1 saturated carbocycles. The van der Waals surface area contributed by atoms with Crippen LogP contribution in [0, 0.1) is 11.8 Å². The summed E-state index contributed by atoms with van der Waals surface area (Å²) < 4.78 is 0. The monoisotopic (exact) mass is 194 g/mol. The topological polar surface area (TPSA) is 37.3 Å². The number of allylic oxidation sites excluding steroid dienone is 3. The number of carbonyl (C=O) groups is 1. The number of hydrogen-bond acceptors (Lipinski definition) is 1. The first-order chi connectivity index (χ1) is 6.59. The van der Waals surface area contributed by atoms with Gasteiger partial charge in [0.1, 0.15) is 0 Å². The molecule has 0 spiro atoms. The minimum absolute atomic E-state index is 0.609. The van der Waals surface area contributed by atoms with Gasteiger partial charge in [-0.05, 0) is 31.1 Å². The lowest BCUT2D eigenvalue weighted by molar-refractivity contribution is -0.131. The molecule has 0 aromatic carbocycles. The van der Waals surface area contributed by atoms with Crippen LogP contribution in [0.2, 0.25) is 0 Å². The average molecular weight is 194 g/mol. The highest BCUT2D eigenvalue weighted by Crippen LogP contribution is 2.32. The highest BCUT2D eigenvalue weighted by atomic mass is 16.4. The van der Waals surface area contributed by atoms with Crippen LogP contribution in [0.3, 0.4) is 0 Å². The van der Waals surface area contributed by atoms with Crippen molar-refractivity contribution in [3.8, 4) is 0 Å². The molecule has 0 heterocycles. The Morgan fingerprint density at radius 2 is 2.21 bits per heavy atom. The molecule has 1 N–H and O–H groups in total. The third kappa shape index (κ3) is 3.36. The standard InChI is InChI=1S/C12H18O2/c1-9-6-7-11(10(2)8-9)4-3-5-12(13)14/h3-5,9-10H,6-8H2,1-2H3,(H,13,14)/b5-3+,11-4-. The summed E-state index contributed by atoms with van der Waals surface area (Å²) in [4.78, 5) is 10.3. The van der Waals surface area contributed by atoms with Crippen molar-refractivity contribution in [1.29, 1.82) is 0 Å². The van der Waals surface area contributed by atoms with E-state index in [-0.39, 0.29) is 0 Å². The lowest BCUT2D eigenvalue weighted by Crippen LogP contribution is -2.13. The van der Waals surface area contributed by atoms with Gasteiger partial charge in [0, 0.05) is 6.08 Å². The van der Waals surface area contributed by atoms with Gasteiger partial charge in [-0.2, -0.15) is 0 Å². The Balaban J connectivity index is 2.55. The fourth-order valence-electron chi connectivity index (χ4n) is 2.03. The van der Waals surface area contributed by atoms with Crippen molar-refractivity contribution in [2.45, 2.75) is 33.1 Å². The molecule has 0 aliphatic heterocycles. The predicted octanol–water partition coefficient (Wildman–Crippen LogP) is 3.01. The molecular weight excluding hydrogens is 176 g/mol. The molecule has 0 aromatic heterocycles. The summed E-state index contributed by atoms with van der Waals surface area (Å²) >= 11 is 0. The van der Waals surface area contributed by atoms with Gasteiger partial charge in [0.15, 0.2) is 0 Å². The second kappa shape index (κ2) is 4.99. The third-order valence-corrected chi connectivity index (χ3v) is 2.86. The van der Waals surface area contributed by atoms with E-state index >= 15 is 0 Å². The van der Waals surface area contributed by atoms with Crippen LogP contribution in [0.15, 0.2) is 23.8 Å². The van der Waals surface area contributed by atoms with Gasteiger partial charge in [0.2, 0.25) is 0 Å². The van der Waals surface area contributed by atoms with Crippen molar-refractivity contribution in [2.24, 2.45) is 11.8 Å². The van der Waals surface area contributed by atoms with Gasteiger partial charge in [-0.25, -0.2) is 4.79 Å². The zero-order valence-electron chi connectivity index (χ0n) is 8.86. The Hall–Kier alpha value is -1.05. The second-order valence-corrected chi connectivity index (χ2v) is 4.22. The van der Waals surface area contributed by atoms with E-state index < -0.39 is 5.97 Å². The van der Waals surface area contributed by atoms with Gasteiger partial charge in [-0.1, -0.05) is 31.6 Å². The van der Waals surface area contributed by atoms with Crippen LogP contribution >= 0.6 is 0 Å². The Kier molecular flexibility index (Phi) is 3.93. The summed E-state index contributed by atoms with van der Waals surface area (Å²) in [6.45, 7) is 4.50. The normalized spacial score (nSPS) is 31.1. The van der Waals surface area contributed by atoms with E-state index in [4.69, 9.17) is 5.11 Å². The Morgan fingerprint density at radius 3 is 2.79 bits per heavy atom. The van der Waals surface area contributed by atoms with Crippen molar-refractivity contribution >= 4 is 5.97 Å². The van der Waals surface area contributed by atoms with Crippen LogP contribution in [0.1, 0.15) is 33.1 Å². The largest absolute Gasteiger partial charge is 0.478 e. The fourth-order valence-corrected chi connectivity index (χ4v) is 2.03. The van der Waals surface area contributed by atoms with Crippen molar-refractivity contribution in [3.05, 3.63) is 23.8 Å². The van der Waals surface area contributed by atoms with Crippen LogP contribution < -0.4 is 0 Å². The van der Waals surface area contributed by atoms with Crippen molar-refractivity contribution < 1.29 is 9.90 Å². The molecule has 0 amide bonds. The van der Waals surface area contributed by atoms with Gasteiger partial charge in [-0.3, -0.25) is 0 Å². The minimum Gasteiger partial charge on any atom is -0.478 e. The molecule has 0 radical (unpaired) electrons. The molecule has 1 aliphatic carbocycles. The molecule has 2 heteroatoms. The Labute approximate surface area is 85.3 Å². The molecule has 1 aliphatic rings. The summed E-state index contributed by atoms with van der Waals surface area (Å²) in [5, 5.41) is 8.43. The van der Waals surface area contributed by atoms with Crippen LogP contribution in [0.25, 0.3) is 0 Å². The van der Waals surface area contributed by atoms with E-state index in [1.54, 1.807) is 6.08 Å². The number of aliphatic carboxylic acids is 1. The van der Waals surface area contributed by atoms with E-state index in [0.717, 1.165) is 12.3 Å². The molecule has 14 heavy (non-hydrogen) atoms. The Bertz CT molecular complexity index is 263. The smallest absolute Gasteiger partial charge is 0.328 e. The van der Waals surface area contributed by atoms with Crippen molar-refractivity contribution in [1.82, 2.24) is 0 Å². The first kappa shape index (κ1) is 11.0. The quantitative estimate of drug-likeness (QED) is 0.686. The third-order valence-electron chi connectivity index (χ3n) is 2.86. The van der Waals surface area contributed by atoms with E-state index in [9.17, 15) is 4.79 Å². The lowest BCUT2D eigenvalue weighted by atomic mass is 9.79. The zero-order chi connectivity index (χ0) is 10.6. The molecule has 0 aromatic rings.